The molecule has 0 aromatic carbocycles. The maximum absolute atomic E-state index is 10.6. The molecule has 72 valence electrons. The van der Waals surface area contributed by atoms with Gasteiger partial charge in [-0.25, -0.2) is 0 Å². The van der Waals surface area contributed by atoms with Crippen LogP contribution in [0.5, 0.6) is 0 Å². The van der Waals surface area contributed by atoms with E-state index in [1.165, 1.54) is 6.08 Å². The number of carbonyl (C=O) groups is 1. The zero-order chi connectivity index (χ0) is 10.1. The summed E-state index contributed by atoms with van der Waals surface area (Å²) in [5.41, 5.74) is 6.06. The average Bonchev–Trinajstić information content (AvgIpc) is 2.16. The minimum atomic E-state index is -0.187. The second-order valence-electron chi connectivity index (χ2n) is 2.39. The molecule has 0 aromatic heterocycles. The third kappa shape index (κ3) is 6.96. The lowest BCUT2D eigenvalue weighted by molar-refractivity contribution is -0.116. The van der Waals surface area contributed by atoms with Gasteiger partial charge in [0.1, 0.15) is 0 Å². The Hall–Kier alpha value is -1.42. The van der Waals surface area contributed by atoms with Gasteiger partial charge >= 0.3 is 0 Å². The molecule has 4 nitrogen and oxygen atoms in total. The van der Waals surface area contributed by atoms with Crippen molar-refractivity contribution in [3.8, 4) is 0 Å². The van der Waals surface area contributed by atoms with Crippen LogP contribution in [-0.2, 0) is 4.79 Å². The van der Waals surface area contributed by atoms with Crippen LogP contribution in [0.1, 0.15) is 0 Å². The fourth-order valence-electron chi connectivity index (χ4n) is 0.562. The van der Waals surface area contributed by atoms with Crippen LogP contribution < -0.4 is 11.1 Å². The lowest BCUT2D eigenvalue weighted by atomic mass is 10.3. The molecule has 1 amide bonds. The zero-order valence-corrected chi connectivity index (χ0v) is 7.62. The first kappa shape index (κ1) is 11.6. The molecule has 0 unspecified atom stereocenters. The summed E-state index contributed by atoms with van der Waals surface area (Å²) in [5.74, 6) is -0.187. The quantitative estimate of drug-likeness (QED) is 0.340. The van der Waals surface area contributed by atoms with E-state index in [1.54, 1.807) is 6.21 Å². The van der Waals surface area contributed by atoms with Gasteiger partial charge in [0.05, 0.1) is 6.54 Å². The molecule has 0 radical (unpaired) electrons. The summed E-state index contributed by atoms with van der Waals surface area (Å²) in [5, 5.41) is 2.59. The van der Waals surface area contributed by atoms with Gasteiger partial charge in [-0.15, -0.1) is 0 Å². The first-order chi connectivity index (χ1) is 6.20. The molecule has 0 spiro atoms. The predicted molar refractivity (Wildman–Crippen MR) is 54.8 cm³/mol. The van der Waals surface area contributed by atoms with Crippen LogP contribution in [0.3, 0.4) is 0 Å². The van der Waals surface area contributed by atoms with Gasteiger partial charge in [-0.2, -0.15) is 0 Å². The van der Waals surface area contributed by atoms with E-state index in [4.69, 9.17) is 5.73 Å². The lowest BCUT2D eigenvalue weighted by Gasteiger charge is -1.97. The zero-order valence-electron chi connectivity index (χ0n) is 7.62. The van der Waals surface area contributed by atoms with Gasteiger partial charge in [-0.3, -0.25) is 9.79 Å². The Labute approximate surface area is 78.2 Å². The highest BCUT2D eigenvalue weighted by Crippen LogP contribution is 1.79. The second kappa shape index (κ2) is 7.24. The maximum Gasteiger partial charge on any atom is 0.243 e. The van der Waals surface area contributed by atoms with E-state index < -0.39 is 0 Å². The van der Waals surface area contributed by atoms with Gasteiger partial charge in [0.2, 0.25) is 5.91 Å². The van der Waals surface area contributed by atoms with Crippen molar-refractivity contribution in [1.29, 1.82) is 0 Å². The van der Waals surface area contributed by atoms with Crippen molar-refractivity contribution in [2.24, 2.45) is 10.7 Å². The first-order valence-electron chi connectivity index (χ1n) is 3.98. The molecule has 13 heavy (non-hydrogen) atoms. The highest BCUT2D eigenvalue weighted by molar-refractivity contribution is 5.86. The Kier molecular flexibility index (Phi) is 6.45. The summed E-state index contributed by atoms with van der Waals surface area (Å²) in [6.07, 6.45) is 2.84. The molecule has 0 aromatic rings. The van der Waals surface area contributed by atoms with Crippen molar-refractivity contribution >= 4 is 12.1 Å². The van der Waals surface area contributed by atoms with Gasteiger partial charge in [0, 0.05) is 19.3 Å². The number of amides is 1. The normalized spacial score (nSPS) is 9.92. The van der Waals surface area contributed by atoms with Gasteiger partial charge in [-0.1, -0.05) is 13.2 Å². The van der Waals surface area contributed by atoms with E-state index in [0.717, 1.165) is 5.57 Å². The molecule has 0 aliphatic rings. The Bertz CT molecular complexity index is 221. The molecule has 0 fully saturated rings. The lowest BCUT2D eigenvalue weighted by Crippen LogP contribution is -2.23. The number of nitrogens with two attached hydrogens (primary N) is 1. The van der Waals surface area contributed by atoms with Gasteiger partial charge < -0.3 is 11.1 Å². The van der Waals surface area contributed by atoms with Gasteiger partial charge in [-0.05, 0) is 11.6 Å². The summed E-state index contributed by atoms with van der Waals surface area (Å²) in [4.78, 5) is 14.6. The molecule has 0 bridgehead atoms. The molecule has 0 aliphatic heterocycles. The molecule has 0 aliphatic carbocycles. The second-order valence-corrected chi connectivity index (χ2v) is 2.39. The van der Waals surface area contributed by atoms with Crippen LogP contribution >= 0.6 is 0 Å². The van der Waals surface area contributed by atoms with Crippen molar-refractivity contribution in [1.82, 2.24) is 5.32 Å². The van der Waals surface area contributed by atoms with Crippen molar-refractivity contribution in [3.63, 3.8) is 0 Å². The molecule has 0 rings (SSSR count). The smallest absolute Gasteiger partial charge is 0.243 e. The summed E-state index contributed by atoms with van der Waals surface area (Å²) in [6, 6.07) is 0. The number of nitrogens with one attached hydrogen (secondary N) is 1. The van der Waals surface area contributed by atoms with Crippen molar-refractivity contribution in [3.05, 3.63) is 24.8 Å². The summed E-state index contributed by atoms with van der Waals surface area (Å²) < 4.78 is 0. The largest absolute Gasteiger partial charge is 0.351 e. The number of hydrogen-bond acceptors (Lipinski definition) is 3. The topological polar surface area (TPSA) is 67.5 Å². The predicted octanol–water partition coefficient (Wildman–Crippen LogP) is -0.126. The van der Waals surface area contributed by atoms with E-state index in [2.05, 4.69) is 23.5 Å². The van der Waals surface area contributed by atoms with Crippen LogP contribution in [0.15, 0.2) is 29.8 Å². The third-order valence-electron chi connectivity index (χ3n) is 1.26. The van der Waals surface area contributed by atoms with Crippen molar-refractivity contribution < 1.29 is 4.79 Å². The molecule has 0 saturated heterocycles. The van der Waals surface area contributed by atoms with E-state index in [1.807, 2.05) is 0 Å². The first-order valence-corrected chi connectivity index (χ1v) is 3.98. The van der Waals surface area contributed by atoms with E-state index in [-0.39, 0.29) is 5.91 Å². The molecular weight excluding hydrogens is 166 g/mol. The molecule has 0 atom stereocenters. The standard InChI is InChI=1S/C9H15N3O/c1-3-9(13)12-5-4-11-7-8(2)6-10/h3,7H,1-2,4-6,10H2,(H,12,13). The molecule has 0 saturated carbocycles. The van der Waals surface area contributed by atoms with Crippen molar-refractivity contribution in [2.75, 3.05) is 19.6 Å². The Morgan fingerprint density at radius 1 is 1.62 bits per heavy atom. The monoisotopic (exact) mass is 181 g/mol. The van der Waals surface area contributed by atoms with Crippen LogP contribution in [0, 0.1) is 0 Å². The minimum absolute atomic E-state index is 0.187. The van der Waals surface area contributed by atoms with E-state index >= 15 is 0 Å². The Morgan fingerprint density at radius 3 is 2.85 bits per heavy atom. The summed E-state index contributed by atoms with van der Waals surface area (Å²) >= 11 is 0. The summed E-state index contributed by atoms with van der Waals surface area (Å²) in [6.45, 7) is 8.40. The Balaban J connectivity index is 3.45. The molecule has 0 heterocycles. The number of aliphatic imine (C=N–C) groups is 1. The fourth-order valence-corrected chi connectivity index (χ4v) is 0.562. The number of carbonyl (C=O) groups excluding carboxylic acids is 1. The number of nitrogens with zero attached hydrogens (tertiary/aromatic N) is 1. The highest BCUT2D eigenvalue weighted by Gasteiger charge is 1.89. The van der Waals surface area contributed by atoms with E-state index in [0.29, 0.717) is 19.6 Å². The molecule has 3 N–H and O–H groups in total. The number of rotatable bonds is 6. The van der Waals surface area contributed by atoms with Crippen LogP contribution in [0.25, 0.3) is 0 Å². The molecular formula is C9H15N3O. The van der Waals surface area contributed by atoms with E-state index in [9.17, 15) is 4.79 Å². The highest BCUT2D eigenvalue weighted by atomic mass is 16.1. The summed E-state index contributed by atoms with van der Waals surface area (Å²) in [7, 11) is 0. The van der Waals surface area contributed by atoms with Crippen molar-refractivity contribution in [2.45, 2.75) is 0 Å². The van der Waals surface area contributed by atoms with Gasteiger partial charge in [0.15, 0.2) is 0 Å². The minimum Gasteiger partial charge on any atom is -0.351 e. The van der Waals surface area contributed by atoms with Crippen LogP contribution in [-0.4, -0.2) is 31.8 Å². The SMILES string of the molecule is C=CC(=O)NCCN=CC(=C)CN. The maximum atomic E-state index is 10.6. The number of hydrogen-bond donors (Lipinski definition) is 2. The molecule has 4 heteroatoms. The van der Waals surface area contributed by atoms with Crippen LogP contribution in [0.4, 0.5) is 0 Å². The third-order valence-corrected chi connectivity index (χ3v) is 1.26. The fraction of sp³-hybridized carbons (Fsp3) is 0.333. The van der Waals surface area contributed by atoms with Gasteiger partial charge in [0.25, 0.3) is 0 Å². The average molecular weight is 181 g/mol. The van der Waals surface area contributed by atoms with Crippen LogP contribution in [0.2, 0.25) is 0 Å². The Morgan fingerprint density at radius 2 is 2.31 bits per heavy atom.